The lowest BCUT2D eigenvalue weighted by molar-refractivity contribution is -0.129. The Kier molecular flexibility index (Phi) is 5.42. The van der Waals surface area contributed by atoms with Crippen molar-refractivity contribution in [1.29, 1.82) is 0 Å². The fraction of sp³-hybridized carbons (Fsp3) is 0.476. The van der Waals surface area contributed by atoms with Crippen molar-refractivity contribution in [2.75, 3.05) is 25.5 Å². The Hall–Kier alpha value is -3.03. The number of carbonyl (C=O) groups is 2. The van der Waals surface area contributed by atoms with Crippen molar-refractivity contribution in [2.45, 2.75) is 45.2 Å². The van der Waals surface area contributed by atoms with Crippen LogP contribution in [0.5, 0.6) is 0 Å². The first-order valence-electron chi connectivity index (χ1n) is 10.1. The highest BCUT2D eigenvalue weighted by Gasteiger charge is 2.33. The first-order chi connectivity index (χ1) is 14.1. The van der Waals surface area contributed by atoms with Gasteiger partial charge < -0.3 is 15.1 Å². The zero-order chi connectivity index (χ0) is 20.4. The van der Waals surface area contributed by atoms with Crippen molar-refractivity contribution in [3.05, 3.63) is 47.2 Å². The number of fused-ring (bicyclic) bond motifs is 1. The van der Waals surface area contributed by atoms with E-state index in [1.165, 1.54) is 0 Å². The predicted molar refractivity (Wildman–Crippen MR) is 108 cm³/mol. The van der Waals surface area contributed by atoms with Gasteiger partial charge in [0, 0.05) is 38.8 Å². The van der Waals surface area contributed by atoms with E-state index < -0.39 is 0 Å². The van der Waals surface area contributed by atoms with Crippen LogP contribution in [0.2, 0.25) is 0 Å². The first kappa shape index (κ1) is 19.3. The molecule has 0 spiro atoms. The maximum absolute atomic E-state index is 13.1. The number of anilines is 1. The normalized spacial score (nSPS) is 18.9. The minimum absolute atomic E-state index is 0.0476. The fourth-order valence-electron chi connectivity index (χ4n) is 4.15. The number of hydrogen-bond donors (Lipinski definition) is 1. The van der Waals surface area contributed by atoms with Gasteiger partial charge in [0.15, 0.2) is 5.82 Å². The summed E-state index contributed by atoms with van der Waals surface area (Å²) in [7, 11) is 1.85. The van der Waals surface area contributed by atoms with Gasteiger partial charge in [-0.05, 0) is 37.8 Å². The molecule has 4 heterocycles. The number of hydrogen-bond acceptors (Lipinski definition) is 6. The second-order valence-electron chi connectivity index (χ2n) is 7.52. The van der Waals surface area contributed by atoms with Crippen LogP contribution in [-0.2, 0) is 17.8 Å². The summed E-state index contributed by atoms with van der Waals surface area (Å²) in [5.74, 6) is 1.39. The van der Waals surface area contributed by atoms with E-state index in [9.17, 15) is 9.59 Å². The van der Waals surface area contributed by atoms with Crippen LogP contribution < -0.4 is 5.32 Å². The molecule has 1 fully saturated rings. The van der Waals surface area contributed by atoms with E-state index in [1.807, 2.05) is 18.0 Å². The first-order valence-corrected chi connectivity index (χ1v) is 10.1. The van der Waals surface area contributed by atoms with Gasteiger partial charge >= 0.3 is 0 Å². The summed E-state index contributed by atoms with van der Waals surface area (Å²) in [5.41, 5.74) is 2.37. The van der Waals surface area contributed by atoms with Crippen molar-refractivity contribution in [1.82, 2.24) is 24.8 Å². The largest absolute Gasteiger partial charge is 0.373 e. The molecule has 2 amide bonds. The number of carbonyl (C=O) groups excluding carboxylic acids is 2. The van der Waals surface area contributed by atoms with Crippen molar-refractivity contribution < 1.29 is 9.59 Å². The van der Waals surface area contributed by atoms with Gasteiger partial charge in [0.05, 0.1) is 18.3 Å². The minimum atomic E-state index is -0.191. The van der Waals surface area contributed by atoms with Crippen molar-refractivity contribution in [3.8, 4) is 0 Å². The molecule has 1 atom stereocenters. The fourth-order valence-corrected chi connectivity index (χ4v) is 4.15. The van der Waals surface area contributed by atoms with Gasteiger partial charge in [-0.2, -0.15) is 0 Å². The van der Waals surface area contributed by atoms with E-state index in [0.717, 1.165) is 42.8 Å². The van der Waals surface area contributed by atoms with Crippen molar-refractivity contribution in [2.24, 2.45) is 0 Å². The summed E-state index contributed by atoms with van der Waals surface area (Å²) in [6.45, 7) is 3.40. The molecule has 1 saturated heterocycles. The van der Waals surface area contributed by atoms with Crippen LogP contribution >= 0.6 is 0 Å². The molecule has 0 aromatic carbocycles. The molecule has 152 valence electrons. The second kappa shape index (κ2) is 8.14. The highest BCUT2D eigenvalue weighted by Crippen LogP contribution is 2.33. The van der Waals surface area contributed by atoms with Gasteiger partial charge in [0.1, 0.15) is 11.5 Å². The van der Waals surface area contributed by atoms with Crippen LogP contribution in [0.4, 0.5) is 5.82 Å². The molecule has 8 nitrogen and oxygen atoms in total. The Morgan fingerprint density at radius 3 is 2.76 bits per heavy atom. The van der Waals surface area contributed by atoms with E-state index >= 15 is 0 Å². The third-order valence-electron chi connectivity index (χ3n) is 5.71. The monoisotopic (exact) mass is 394 g/mol. The Bertz CT molecular complexity index is 917. The number of nitrogens with zero attached hydrogens (tertiary/aromatic N) is 5. The minimum Gasteiger partial charge on any atom is -0.373 e. The molecule has 0 bridgehead atoms. The number of aromatic nitrogens is 3. The van der Waals surface area contributed by atoms with Gasteiger partial charge in [0.25, 0.3) is 5.91 Å². The summed E-state index contributed by atoms with van der Waals surface area (Å²) in [5, 5.41) is 3.18. The second-order valence-corrected chi connectivity index (χ2v) is 7.52. The molecule has 2 aromatic heterocycles. The van der Waals surface area contributed by atoms with E-state index in [-0.39, 0.29) is 17.9 Å². The third kappa shape index (κ3) is 3.79. The SMILES string of the molecule is CNc1nc(C2CCCCN2C(=O)c2ccccn2)nc2c1CCN(C(C)=O)C2. The molecule has 2 aliphatic heterocycles. The number of pyridine rings is 1. The maximum atomic E-state index is 13.1. The van der Waals surface area contributed by atoms with Crippen LogP contribution in [0.3, 0.4) is 0 Å². The molecule has 0 saturated carbocycles. The molecule has 2 aliphatic rings. The molecule has 29 heavy (non-hydrogen) atoms. The van der Waals surface area contributed by atoms with E-state index in [4.69, 9.17) is 9.97 Å². The summed E-state index contributed by atoms with van der Waals surface area (Å²) in [6, 6.07) is 5.18. The van der Waals surface area contributed by atoms with E-state index in [1.54, 1.807) is 30.2 Å². The van der Waals surface area contributed by atoms with E-state index in [2.05, 4.69) is 10.3 Å². The molecule has 0 aliphatic carbocycles. The predicted octanol–water partition coefficient (Wildman–Crippen LogP) is 2.19. The van der Waals surface area contributed by atoms with Gasteiger partial charge in [-0.15, -0.1) is 0 Å². The van der Waals surface area contributed by atoms with Crippen LogP contribution in [-0.4, -0.2) is 56.7 Å². The molecule has 8 heteroatoms. The Balaban J connectivity index is 1.69. The Morgan fingerprint density at radius 2 is 2.03 bits per heavy atom. The summed E-state index contributed by atoms with van der Waals surface area (Å²) in [6.07, 6.45) is 5.16. The zero-order valence-corrected chi connectivity index (χ0v) is 16.9. The Morgan fingerprint density at radius 1 is 1.17 bits per heavy atom. The molecular formula is C21H26N6O2. The third-order valence-corrected chi connectivity index (χ3v) is 5.71. The zero-order valence-electron chi connectivity index (χ0n) is 16.9. The summed E-state index contributed by atoms with van der Waals surface area (Å²) >= 11 is 0. The van der Waals surface area contributed by atoms with Crippen LogP contribution in [0, 0.1) is 0 Å². The number of nitrogens with one attached hydrogen (secondary N) is 1. The number of rotatable bonds is 3. The average molecular weight is 394 g/mol. The number of piperidine rings is 1. The molecule has 0 radical (unpaired) electrons. The summed E-state index contributed by atoms with van der Waals surface area (Å²) in [4.78, 5) is 42.5. The number of likely N-dealkylation sites (tertiary alicyclic amines) is 1. The summed E-state index contributed by atoms with van der Waals surface area (Å²) < 4.78 is 0. The molecule has 4 rings (SSSR count). The molecule has 1 N–H and O–H groups in total. The smallest absolute Gasteiger partial charge is 0.273 e. The van der Waals surface area contributed by atoms with Gasteiger partial charge in [-0.1, -0.05) is 6.07 Å². The maximum Gasteiger partial charge on any atom is 0.273 e. The molecule has 1 unspecified atom stereocenters. The lowest BCUT2D eigenvalue weighted by Gasteiger charge is -2.36. The highest BCUT2D eigenvalue weighted by molar-refractivity contribution is 5.92. The molecule has 2 aromatic rings. The standard InChI is InChI=1S/C21H26N6O2/c1-14(28)26-12-9-15-17(13-26)24-20(25-19(15)22-2)18-8-4-6-11-27(18)21(29)16-7-3-5-10-23-16/h3,5,7,10,18H,4,6,8-9,11-13H2,1-2H3,(H,22,24,25). The van der Waals surface area contributed by atoms with Crippen LogP contribution in [0.1, 0.15) is 59.8 Å². The van der Waals surface area contributed by atoms with Crippen LogP contribution in [0.25, 0.3) is 0 Å². The average Bonchev–Trinajstić information content (AvgIpc) is 2.77. The topological polar surface area (TPSA) is 91.3 Å². The lowest BCUT2D eigenvalue weighted by atomic mass is 9.99. The van der Waals surface area contributed by atoms with Gasteiger partial charge in [-0.25, -0.2) is 9.97 Å². The van der Waals surface area contributed by atoms with Crippen LogP contribution in [0.15, 0.2) is 24.4 Å². The number of amides is 2. The Labute approximate surface area is 170 Å². The molecular weight excluding hydrogens is 368 g/mol. The van der Waals surface area contributed by atoms with Crippen molar-refractivity contribution in [3.63, 3.8) is 0 Å². The van der Waals surface area contributed by atoms with Gasteiger partial charge in [0.2, 0.25) is 5.91 Å². The van der Waals surface area contributed by atoms with Crippen molar-refractivity contribution >= 4 is 17.6 Å². The van der Waals surface area contributed by atoms with Gasteiger partial charge in [-0.3, -0.25) is 14.6 Å². The van der Waals surface area contributed by atoms with E-state index in [0.29, 0.717) is 31.2 Å². The lowest BCUT2D eigenvalue weighted by Crippen LogP contribution is -2.40. The quantitative estimate of drug-likeness (QED) is 0.858. The highest BCUT2D eigenvalue weighted by atomic mass is 16.2.